The van der Waals surface area contributed by atoms with Gasteiger partial charge in [-0.2, -0.15) is 0 Å². The molecular formula is C26H22N4O3S. The van der Waals surface area contributed by atoms with Gasteiger partial charge in [0.25, 0.3) is 0 Å². The normalized spacial score (nSPS) is 17.4. The number of hydrogen-bond acceptors (Lipinski definition) is 5. The van der Waals surface area contributed by atoms with E-state index in [1.807, 2.05) is 76.3 Å². The zero-order valence-corrected chi connectivity index (χ0v) is 19.1. The molecule has 34 heavy (non-hydrogen) atoms. The van der Waals surface area contributed by atoms with Gasteiger partial charge in [0, 0.05) is 23.8 Å². The van der Waals surface area contributed by atoms with Crippen LogP contribution >= 0.6 is 12.2 Å². The third kappa shape index (κ3) is 3.78. The number of thiocarbonyl (C=S) groups is 1. The van der Waals surface area contributed by atoms with Crippen LogP contribution in [0.15, 0.2) is 91.3 Å². The topological polar surface area (TPSA) is 79.6 Å². The van der Waals surface area contributed by atoms with Crippen molar-refractivity contribution in [2.75, 3.05) is 12.0 Å². The number of carbonyl (C=O) groups is 1. The van der Waals surface area contributed by atoms with E-state index in [9.17, 15) is 9.90 Å². The van der Waals surface area contributed by atoms with Crippen molar-refractivity contribution in [3.8, 4) is 11.4 Å². The number of hydrogen-bond donors (Lipinski definition) is 2. The molecule has 1 saturated heterocycles. The van der Waals surface area contributed by atoms with Gasteiger partial charge in [0.15, 0.2) is 5.11 Å². The zero-order chi connectivity index (χ0) is 23.7. The van der Waals surface area contributed by atoms with E-state index < -0.39 is 5.97 Å². The van der Waals surface area contributed by atoms with Crippen LogP contribution in [-0.4, -0.2) is 32.8 Å². The lowest BCUT2D eigenvalue weighted by Crippen LogP contribution is -2.30. The van der Waals surface area contributed by atoms with Crippen LogP contribution < -0.4 is 10.2 Å². The van der Waals surface area contributed by atoms with Crippen molar-refractivity contribution in [3.63, 3.8) is 0 Å². The third-order valence-corrected chi connectivity index (χ3v) is 6.19. The number of pyridine rings is 1. The molecule has 1 aliphatic heterocycles. The summed E-state index contributed by atoms with van der Waals surface area (Å²) in [4.78, 5) is 19.1. The number of methoxy groups -OCH3 is 1. The van der Waals surface area contributed by atoms with Crippen molar-refractivity contribution >= 4 is 29.0 Å². The molecule has 8 heteroatoms. The Morgan fingerprint density at radius 1 is 1.03 bits per heavy atom. The maximum absolute atomic E-state index is 12.5. The number of phenolic OH excluding ortho intramolecular Hbond substituents is 1. The Bertz CT molecular complexity index is 1340. The van der Waals surface area contributed by atoms with E-state index in [4.69, 9.17) is 17.0 Å². The van der Waals surface area contributed by atoms with Crippen molar-refractivity contribution in [1.82, 2.24) is 14.9 Å². The Labute approximate surface area is 202 Å². The highest BCUT2D eigenvalue weighted by Gasteiger charge is 2.42. The molecule has 0 spiro atoms. The first-order chi connectivity index (χ1) is 16.6. The van der Waals surface area contributed by atoms with Crippen molar-refractivity contribution in [2.24, 2.45) is 0 Å². The number of ether oxygens (including phenoxy) is 1. The molecule has 2 aromatic heterocycles. The number of anilines is 1. The molecule has 0 amide bonds. The molecular weight excluding hydrogens is 448 g/mol. The number of benzene rings is 2. The Kier molecular flexibility index (Phi) is 5.73. The van der Waals surface area contributed by atoms with E-state index in [1.165, 1.54) is 7.11 Å². The van der Waals surface area contributed by atoms with Crippen molar-refractivity contribution in [3.05, 3.63) is 108 Å². The van der Waals surface area contributed by atoms with Crippen LogP contribution in [-0.2, 0) is 4.74 Å². The van der Waals surface area contributed by atoms with Gasteiger partial charge in [-0.3, -0.25) is 4.98 Å². The minimum Gasteiger partial charge on any atom is -0.508 e. The minimum absolute atomic E-state index is 0.176. The SMILES string of the molecule is COC(=O)c1ccccc1-n1cccc1C1C(c2ccccn2)NC(=S)N1c1ccc(O)cc1. The summed E-state index contributed by atoms with van der Waals surface area (Å²) in [6.07, 6.45) is 3.68. The van der Waals surface area contributed by atoms with Gasteiger partial charge in [-0.05, 0) is 72.9 Å². The van der Waals surface area contributed by atoms with Gasteiger partial charge in [0.1, 0.15) is 11.8 Å². The number of esters is 1. The fraction of sp³-hybridized carbons (Fsp3) is 0.115. The monoisotopic (exact) mass is 470 g/mol. The zero-order valence-electron chi connectivity index (χ0n) is 18.3. The number of para-hydroxylation sites is 1. The average molecular weight is 471 g/mol. The van der Waals surface area contributed by atoms with Crippen LogP contribution in [0.1, 0.15) is 33.8 Å². The molecule has 3 heterocycles. The number of rotatable bonds is 5. The molecule has 0 bridgehead atoms. The number of nitrogens with one attached hydrogen (secondary N) is 1. The maximum Gasteiger partial charge on any atom is 0.339 e. The fourth-order valence-electron chi connectivity index (χ4n) is 4.37. The standard InChI is InChI=1S/C26H22N4O3S/c1-33-25(32)19-7-2-3-9-21(19)29-16-6-10-22(29)24-23(20-8-4-5-15-27-20)28-26(34)30(24)17-11-13-18(31)14-12-17/h2-16,23-24,31H,1H3,(H,28,34). The summed E-state index contributed by atoms with van der Waals surface area (Å²) in [7, 11) is 1.37. The van der Waals surface area contributed by atoms with Crippen LogP contribution in [0.5, 0.6) is 5.75 Å². The first-order valence-electron chi connectivity index (χ1n) is 10.7. The van der Waals surface area contributed by atoms with E-state index in [1.54, 1.807) is 24.4 Å². The highest BCUT2D eigenvalue weighted by Crippen LogP contribution is 2.42. The number of nitrogens with zero attached hydrogens (tertiary/aromatic N) is 3. The number of aromatic hydroxyl groups is 1. The van der Waals surface area contributed by atoms with Gasteiger partial charge >= 0.3 is 5.97 Å². The Morgan fingerprint density at radius 2 is 1.79 bits per heavy atom. The van der Waals surface area contributed by atoms with Crippen molar-refractivity contribution in [2.45, 2.75) is 12.1 Å². The molecule has 0 saturated carbocycles. The highest BCUT2D eigenvalue weighted by atomic mass is 32.1. The molecule has 2 N–H and O–H groups in total. The molecule has 1 fully saturated rings. The molecule has 0 radical (unpaired) electrons. The second-order valence-electron chi connectivity index (χ2n) is 7.82. The largest absolute Gasteiger partial charge is 0.508 e. The maximum atomic E-state index is 12.5. The molecule has 7 nitrogen and oxygen atoms in total. The molecule has 2 unspecified atom stereocenters. The van der Waals surface area contributed by atoms with Crippen LogP contribution in [0.2, 0.25) is 0 Å². The molecule has 2 atom stereocenters. The van der Waals surface area contributed by atoms with Crippen molar-refractivity contribution in [1.29, 1.82) is 0 Å². The summed E-state index contributed by atoms with van der Waals surface area (Å²) < 4.78 is 7.00. The van der Waals surface area contributed by atoms with E-state index in [2.05, 4.69) is 10.3 Å². The quantitative estimate of drug-likeness (QED) is 0.327. The number of carbonyl (C=O) groups excluding carboxylic acids is 1. The number of phenols is 1. The second kappa shape index (κ2) is 8.99. The first-order valence-corrected chi connectivity index (χ1v) is 11.1. The lowest BCUT2D eigenvalue weighted by molar-refractivity contribution is 0.0600. The lowest BCUT2D eigenvalue weighted by Gasteiger charge is -2.29. The summed E-state index contributed by atoms with van der Waals surface area (Å²) >= 11 is 5.77. The third-order valence-electron chi connectivity index (χ3n) is 5.88. The number of aromatic nitrogens is 2. The van der Waals surface area contributed by atoms with Gasteiger partial charge in [0.05, 0.1) is 30.1 Å². The van der Waals surface area contributed by atoms with Crippen LogP contribution in [0.25, 0.3) is 5.69 Å². The van der Waals surface area contributed by atoms with E-state index >= 15 is 0 Å². The molecule has 4 aromatic rings. The second-order valence-corrected chi connectivity index (χ2v) is 8.21. The lowest BCUT2D eigenvalue weighted by atomic mass is 10.0. The van der Waals surface area contributed by atoms with Crippen LogP contribution in [0.3, 0.4) is 0 Å². The minimum atomic E-state index is -0.410. The summed E-state index contributed by atoms with van der Waals surface area (Å²) in [5.74, 6) is -0.234. The van der Waals surface area contributed by atoms with Crippen molar-refractivity contribution < 1.29 is 14.6 Å². The van der Waals surface area contributed by atoms with Gasteiger partial charge in [-0.1, -0.05) is 18.2 Å². The molecule has 1 aliphatic rings. The Morgan fingerprint density at radius 3 is 2.53 bits per heavy atom. The van der Waals surface area contributed by atoms with Gasteiger partial charge in [-0.15, -0.1) is 0 Å². The predicted octanol–water partition coefficient (Wildman–Crippen LogP) is 4.54. The van der Waals surface area contributed by atoms with E-state index in [-0.39, 0.29) is 17.8 Å². The van der Waals surface area contributed by atoms with E-state index in [0.29, 0.717) is 16.4 Å². The van der Waals surface area contributed by atoms with Gasteiger partial charge in [-0.25, -0.2) is 4.79 Å². The Hall–Kier alpha value is -4.17. The molecule has 2 aromatic carbocycles. The molecule has 170 valence electrons. The average Bonchev–Trinajstić information content (AvgIpc) is 3.49. The van der Waals surface area contributed by atoms with Gasteiger partial charge in [0.2, 0.25) is 0 Å². The first kappa shape index (κ1) is 21.7. The Balaban J connectivity index is 1.69. The highest BCUT2D eigenvalue weighted by molar-refractivity contribution is 7.80. The van der Waals surface area contributed by atoms with Gasteiger partial charge < -0.3 is 24.6 Å². The van der Waals surface area contributed by atoms with Crippen LogP contribution in [0.4, 0.5) is 5.69 Å². The van der Waals surface area contributed by atoms with Crippen LogP contribution in [0, 0.1) is 0 Å². The summed E-state index contributed by atoms with van der Waals surface area (Å²) in [5.41, 5.74) is 3.74. The smallest absolute Gasteiger partial charge is 0.339 e. The van der Waals surface area contributed by atoms with E-state index in [0.717, 1.165) is 17.1 Å². The summed E-state index contributed by atoms with van der Waals surface area (Å²) in [6, 6.07) is 23.4. The summed E-state index contributed by atoms with van der Waals surface area (Å²) in [5, 5.41) is 13.8. The summed E-state index contributed by atoms with van der Waals surface area (Å²) in [6.45, 7) is 0. The fourth-order valence-corrected chi connectivity index (χ4v) is 4.71. The predicted molar refractivity (Wildman–Crippen MR) is 133 cm³/mol. The molecule has 0 aliphatic carbocycles. The molecule has 5 rings (SSSR count).